The minimum atomic E-state index is -1.26. The number of anilines is 1. The average Bonchev–Trinajstić information content (AvgIpc) is 2.48. The lowest BCUT2D eigenvalue weighted by atomic mass is 9.82. The highest BCUT2D eigenvalue weighted by molar-refractivity contribution is 6.03. The van der Waals surface area contributed by atoms with Crippen molar-refractivity contribution in [1.82, 2.24) is 0 Å². The van der Waals surface area contributed by atoms with Crippen LogP contribution in [-0.4, -0.2) is 45.7 Å². The summed E-state index contributed by atoms with van der Waals surface area (Å²) in [6.45, 7) is 1.38. The molecule has 0 N–H and O–H groups in total. The predicted molar refractivity (Wildman–Crippen MR) is 76.1 cm³/mol. The van der Waals surface area contributed by atoms with Crippen LogP contribution in [-0.2, 0) is 14.3 Å². The number of carbonyl (C=O) groups excluding carboxylic acids is 1. The Morgan fingerprint density at radius 1 is 1.14 bits per heavy atom. The lowest BCUT2D eigenvalue weighted by Crippen LogP contribution is -2.68. The number of nitrogens with zero attached hydrogens (tertiary/aromatic N) is 1. The van der Waals surface area contributed by atoms with Gasteiger partial charge in [-0.3, -0.25) is 4.79 Å². The molecular weight excluding hydrogens is 277 g/mol. The van der Waals surface area contributed by atoms with Crippen molar-refractivity contribution in [2.24, 2.45) is 5.92 Å². The van der Waals surface area contributed by atoms with E-state index < -0.39 is 24.4 Å². The normalized spacial score (nSPS) is 23.1. The number of carbonyl (C=O) groups is 1. The van der Waals surface area contributed by atoms with Gasteiger partial charge < -0.3 is 19.1 Å². The number of amides is 1. The second-order valence-electron chi connectivity index (χ2n) is 4.94. The molecular formula is C15H20FNO4. The molecule has 0 saturated carbocycles. The largest absolute Gasteiger partial charge is 0.497 e. The van der Waals surface area contributed by atoms with Crippen LogP contribution in [0.4, 0.5) is 10.1 Å². The van der Waals surface area contributed by atoms with Gasteiger partial charge >= 0.3 is 0 Å². The monoisotopic (exact) mass is 297 g/mol. The van der Waals surface area contributed by atoms with E-state index in [1.807, 2.05) is 0 Å². The molecule has 0 radical (unpaired) electrons. The summed E-state index contributed by atoms with van der Waals surface area (Å²) in [6, 6.07) is 6.53. The maximum Gasteiger partial charge on any atom is 0.235 e. The molecule has 2 rings (SSSR count). The van der Waals surface area contributed by atoms with E-state index in [-0.39, 0.29) is 5.91 Å². The zero-order valence-corrected chi connectivity index (χ0v) is 12.6. The van der Waals surface area contributed by atoms with E-state index in [9.17, 15) is 9.18 Å². The summed E-state index contributed by atoms with van der Waals surface area (Å²) in [7, 11) is 4.52. The van der Waals surface area contributed by atoms with Gasteiger partial charge in [0.05, 0.1) is 13.0 Å². The molecule has 1 fully saturated rings. The highest BCUT2D eigenvalue weighted by Crippen LogP contribution is 2.38. The summed E-state index contributed by atoms with van der Waals surface area (Å²) < 4.78 is 29.2. The molecule has 1 aliphatic heterocycles. The van der Waals surface area contributed by atoms with Gasteiger partial charge in [0, 0.05) is 19.9 Å². The van der Waals surface area contributed by atoms with Crippen LogP contribution in [0.15, 0.2) is 24.3 Å². The lowest BCUT2D eigenvalue weighted by molar-refractivity contribution is -0.164. The van der Waals surface area contributed by atoms with Crippen LogP contribution >= 0.6 is 0 Å². The van der Waals surface area contributed by atoms with Crippen LogP contribution in [0.3, 0.4) is 0 Å². The predicted octanol–water partition coefficient (Wildman–Crippen LogP) is 2.00. The van der Waals surface area contributed by atoms with E-state index in [0.29, 0.717) is 11.4 Å². The second kappa shape index (κ2) is 6.41. The fourth-order valence-electron chi connectivity index (χ4n) is 2.71. The van der Waals surface area contributed by atoms with Crippen molar-refractivity contribution in [2.75, 3.05) is 26.2 Å². The van der Waals surface area contributed by atoms with Gasteiger partial charge in [0.25, 0.3) is 0 Å². The van der Waals surface area contributed by atoms with Crippen LogP contribution in [0.25, 0.3) is 0 Å². The number of hydrogen-bond acceptors (Lipinski definition) is 4. The second-order valence-corrected chi connectivity index (χ2v) is 4.94. The van der Waals surface area contributed by atoms with Gasteiger partial charge in [0.15, 0.2) is 6.29 Å². The fourth-order valence-corrected chi connectivity index (χ4v) is 2.71. The molecule has 1 aromatic rings. The van der Waals surface area contributed by atoms with E-state index in [1.165, 1.54) is 26.0 Å². The Hall–Kier alpha value is -1.66. The molecule has 1 aromatic carbocycles. The van der Waals surface area contributed by atoms with Gasteiger partial charge in [-0.1, -0.05) is 0 Å². The van der Waals surface area contributed by atoms with Crippen molar-refractivity contribution < 1.29 is 23.4 Å². The SMILES string of the molecule is COc1ccc(N2C(=O)[C@H]([C@@H](C)F)[C@H]2C(OC)OC)cc1. The Morgan fingerprint density at radius 2 is 1.71 bits per heavy atom. The fraction of sp³-hybridized carbons (Fsp3) is 0.533. The standard InChI is InChI=1S/C15H20FNO4/c1-9(16)12-13(15(20-3)21-4)17(14(12)18)10-5-7-11(19-2)8-6-10/h5-9,12-13,15H,1-4H3/t9-,12-,13+/m1/s1. The van der Waals surface area contributed by atoms with Crippen molar-refractivity contribution in [2.45, 2.75) is 25.4 Å². The van der Waals surface area contributed by atoms with Gasteiger partial charge in [-0.25, -0.2) is 4.39 Å². The number of halogens is 1. The van der Waals surface area contributed by atoms with E-state index in [0.717, 1.165) is 0 Å². The van der Waals surface area contributed by atoms with Crippen LogP contribution in [0, 0.1) is 5.92 Å². The molecule has 116 valence electrons. The smallest absolute Gasteiger partial charge is 0.235 e. The minimum absolute atomic E-state index is 0.265. The highest BCUT2D eigenvalue weighted by Gasteiger charge is 2.55. The van der Waals surface area contributed by atoms with Crippen molar-refractivity contribution in [3.8, 4) is 5.75 Å². The lowest BCUT2D eigenvalue weighted by Gasteiger charge is -2.49. The average molecular weight is 297 g/mol. The Kier molecular flexibility index (Phi) is 4.80. The first kappa shape index (κ1) is 15.7. The van der Waals surface area contributed by atoms with Gasteiger partial charge in [-0.05, 0) is 31.2 Å². The molecule has 0 aliphatic carbocycles. The van der Waals surface area contributed by atoms with Gasteiger partial charge in [0.1, 0.15) is 18.0 Å². The first-order valence-corrected chi connectivity index (χ1v) is 6.72. The van der Waals surface area contributed by atoms with Crippen LogP contribution in [0.1, 0.15) is 6.92 Å². The summed E-state index contributed by atoms with van der Waals surface area (Å²) in [5.74, 6) is -0.329. The van der Waals surface area contributed by atoms with Gasteiger partial charge in [0.2, 0.25) is 5.91 Å². The maximum absolute atomic E-state index is 13.7. The number of hydrogen-bond donors (Lipinski definition) is 0. The van der Waals surface area contributed by atoms with Crippen LogP contribution in [0.5, 0.6) is 5.75 Å². The maximum atomic E-state index is 13.7. The summed E-state index contributed by atoms with van der Waals surface area (Å²) in [5, 5.41) is 0. The Morgan fingerprint density at radius 3 is 2.14 bits per heavy atom. The minimum Gasteiger partial charge on any atom is -0.497 e. The summed E-state index contributed by atoms with van der Waals surface area (Å²) in [6.07, 6.45) is -1.93. The molecule has 1 aliphatic rings. The third kappa shape index (κ3) is 2.73. The first-order valence-electron chi connectivity index (χ1n) is 6.72. The number of methoxy groups -OCH3 is 3. The third-order valence-electron chi connectivity index (χ3n) is 3.78. The first-order chi connectivity index (χ1) is 10.0. The summed E-state index contributed by atoms with van der Waals surface area (Å²) >= 11 is 0. The number of β-lactam (4-membered cyclic amide) rings is 1. The third-order valence-corrected chi connectivity index (χ3v) is 3.78. The van der Waals surface area contributed by atoms with E-state index in [2.05, 4.69) is 0 Å². The zero-order valence-electron chi connectivity index (χ0n) is 12.6. The molecule has 0 bridgehead atoms. The highest BCUT2D eigenvalue weighted by atomic mass is 19.1. The molecule has 0 unspecified atom stereocenters. The molecule has 0 aromatic heterocycles. The topological polar surface area (TPSA) is 48.0 Å². The number of benzene rings is 1. The van der Waals surface area contributed by atoms with Crippen LogP contribution < -0.4 is 9.64 Å². The van der Waals surface area contributed by atoms with E-state index >= 15 is 0 Å². The van der Waals surface area contributed by atoms with Crippen molar-refractivity contribution in [1.29, 1.82) is 0 Å². The number of rotatable bonds is 6. The molecule has 3 atom stereocenters. The van der Waals surface area contributed by atoms with Crippen molar-refractivity contribution >= 4 is 11.6 Å². The molecule has 0 spiro atoms. The molecule has 21 heavy (non-hydrogen) atoms. The Balaban J connectivity index is 2.29. The molecule has 1 amide bonds. The number of alkyl halides is 1. The molecule has 5 nitrogen and oxygen atoms in total. The number of ether oxygens (including phenoxy) is 3. The zero-order chi connectivity index (χ0) is 15.6. The van der Waals surface area contributed by atoms with Crippen molar-refractivity contribution in [3.05, 3.63) is 24.3 Å². The molecule has 1 heterocycles. The summed E-state index contributed by atoms with van der Waals surface area (Å²) in [4.78, 5) is 13.8. The van der Waals surface area contributed by atoms with Crippen LogP contribution in [0.2, 0.25) is 0 Å². The Labute approximate surface area is 123 Å². The molecule has 1 saturated heterocycles. The Bertz CT molecular complexity index is 487. The quantitative estimate of drug-likeness (QED) is 0.595. The van der Waals surface area contributed by atoms with Crippen molar-refractivity contribution in [3.63, 3.8) is 0 Å². The van der Waals surface area contributed by atoms with Gasteiger partial charge in [-0.15, -0.1) is 0 Å². The van der Waals surface area contributed by atoms with Gasteiger partial charge in [-0.2, -0.15) is 0 Å². The molecule has 6 heteroatoms. The van der Waals surface area contributed by atoms with E-state index in [1.54, 1.807) is 31.4 Å². The van der Waals surface area contributed by atoms with E-state index in [4.69, 9.17) is 14.2 Å². The summed E-state index contributed by atoms with van der Waals surface area (Å²) in [5.41, 5.74) is 0.668.